The van der Waals surface area contributed by atoms with Gasteiger partial charge in [0.25, 0.3) is 0 Å². The van der Waals surface area contributed by atoms with Crippen LogP contribution in [0.25, 0.3) is 0 Å². The SMILES string of the molecule is OC(Cc1nccs1)Cc1cccc(F)c1F. The summed E-state index contributed by atoms with van der Waals surface area (Å²) >= 11 is 1.43. The Balaban J connectivity index is 2.03. The molecule has 0 amide bonds. The average molecular weight is 255 g/mol. The molecule has 0 aliphatic rings. The first-order valence-electron chi connectivity index (χ1n) is 5.16. The molecule has 17 heavy (non-hydrogen) atoms. The maximum Gasteiger partial charge on any atom is 0.162 e. The number of nitrogens with zero attached hydrogens (tertiary/aromatic N) is 1. The van der Waals surface area contributed by atoms with E-state index in [-0.39, 0.29) is 12.0 Å². The van der Waals surface area contributed by atoms with E-state index in [0.29, 0.717) is 6.42 Å². The van der Waals surface area contributed by atoms with Gasteiger partial charge in [-0.3, -0.25) is 0 Å². The highest BCUT2D eigenvalue weighted by atomic mass is 32.1. The molecule has 0 aliphatic carbocycles. The predicted molar refractivity (Wildman–Crippen MR) is 61.9 cm³/mol. The van der Waals surface area contributed by atoms with Gasteiger partial charge in [0.05, 0.1) is 11.1 Å². The first-order valence-corrected chi connectivity index (χ1v) is 6.04. The zero-order valence-corrected chi connectivity index (χ0v) is 9.75. The van der Waals surface area contributed by atoms with Crippen LogP contribution in [0.4, 0.5) is 8.78 Å². The maximum absolute atomic E-state index is 13.3. The molecule has 0 spiro atoms. The highest BCUT2D eigenvalue weighted by Gasteiger charge is 2.13. The summed E-state index contributed by atoms with van der Waals surface area (Å²) in [7, 11) is 0. The number of aromatic nitrogens is 1. The third-order valence-electron chi connectivity index (χ3n) is 2.38. The topological polar surface area (TPSA) is 33.1 Å². The van der Waals surface area contributed by atoms with Crippen LogP contribution < -0.4 is 0 Å². The molecule has 1 atom stereocenters. The van der Waals surface area contributed by atoms with Gasteiger partial charge in [-0.05, 0) is 11.6 Å². The molecular formula is C12H11F2NOS. The first kappa shape index (κ1) is 12.1. The number of benzene rings is 1. The molecule has 0 saturated heterocycles. The third-order valence-corrected chi connectivity index (χ3v) is 3.18. The lowest BCUT2D eigenvalue weighted by Crippen LogP contribution is -2.15. The molecule has 1 heterocycles. The summed E-state index contributed by atoms with van der Waals surface area (Å²) < 4.78 is 26.3. The van der Waals surface area contributed by atoms with E-state index in [1.807, 2.05) is 5.38 Å². The second kappa shape index (κ2) is 5.33. The molecule has 1 N–H and O–H groups in total. The van der Waals surface area contributed by atoms with Gasteiger partial charge in [0, 0.05) is 24.4 Å². The molecule has 0 bridgehead atoms. The van der Waals surface area contributed by atoms with Gasteiger partial charge in [-0.1, -0.05) is 12.1 Å². The molecular weight excluding hydrogens is 244 g/mol. The molecule has 1 unspecified atom stereocenters. The fourth-order valence-corrected chi connectivity index (χ4v) is 2.28. The molecule has 5 heteroatoms. The molecule has 2 rings (SSSR count). The van der Waals surface area contributed by atoms with E-state index in [0.717, 1.165) is 11.1 Å². The number of thiazole rings is 1. The first-order chi connectivity index (χ1) is 8.16. The lowest BCUT2D eigenvalue weighted by Gasteiger charge is -2.09. The van der Waals surface area contributed by atoms with Crippen molar-refractivity contribution < 1.29 is 13.9 Å². The molecule has 0 radical (unpaired) electrons. The molecule has 0 fully saturated rings. The molecule has 0 saturated carbocycles. The Morgan fingerprint density at radius 1 is 1.29 bits per heavy atom. The van der Waals surface area contributed by atoms with Crippen LogP contribution in [0, 0.1) is 11.6 Å². The molecule has 0 aliphatic heterocycles. The third kappa shape index (κ3) is 3.08. The number of rotatable bonds is 4. The van der Waals surface area contributed by atoms with E-state index in [9.17, 15) is 13.9 Å². The van der Waals surface area contributed by atoms with Crippen molar-refractivity contribution in [2.24, 2.45) is 0 Å². The molecule has 1 aromatic carbocycles. The fraction of sp³-hybridized carbons (Fsp3) is 0.250. The van der Waals surface area contributed by atoms with Crippen molar-refractivity contribution in [3.63, 3.8) is 0 Å². The van der Waals surface area contributed by atoms with Crippen LogP contribution in [-0.2, 0) is 12.8 Å². The van der Waals surface area contributed by atoms with E-state index in [4.69, 9.17) is 0 Å². The van der Waals surface area contributed by atoms with Crippen LogP contribution in [0.5, 0.6) is 0 Å². The monoisotopic (exact) mass is 255 g/mol. The highest BCUT2D eigenvalue weighted by Crippen LogP contribution is 2.15. The van der Waals surface area contributed by atoms with E-state index in [1.54, 1.807) is 6.20 Å². The van der Waals surface area contributed by atoms with Crippen molar-refractivity contribution in [3.8, 4) is 0 Å². The summed E-state index contributed by atoms with van der Waals surface area (Å²) in [5.41, 5.74) is 0.189. The van der Waals surface area contributed by atoms with Gasteiger partial charge in [0.2, 0.25) is 0 Å². The summed E-state index contributed by atoms with van der Waals surface area (Å²) in [6.45, 7) is 0. The normalized spacial score (nSPS) is 12.6. The Labute approximate surface area is 102 Å². The van der Waals surface area contributed by atoms with E-state index >= 15 is 0 Å². The average Bonchev–Trinajstić information content (AvgIpc) is 2.77. The Bertz CT molecular complexity index is 487. The van der Waals surface area contributed by atoms with Gasteiger partial charge in [0.1, 0.15) is 0 Å². The molecule has 2 aromatic rings. The summed E-state index contributed by atoms with van der Waals surface area (Å²) in [6, 6.07) is 3.97. The number of halogens is 2. The van der Waals surface area contributed by atoms with Crippen LogP contribution in [0.15, 0.2) is 29.8 Å². The standard InChI is InChI=1S/C12H11F2NOS/c13-10-3-1-2-8(12(10)14)6-9(16)7-11-15-4-5-17-11/h1-5,9,16H,6-7H2. The molecule has 90 valence electrons. The van der Waals surface area contributed by atoms with Gasteiger partial charge in [-0.25, -0.2) is 13.8 Å². The highest BCUT2D eigenvalue weighted by molar-refractivity contribution is 7.09. The number of aliphatic hydroxyl groups is 1. The van der Waals surface area contributed by atoms with Crippen LogP contribution >= 0.6 is 11.3 Å². The summed E-state index contributed by atoms with van der Waals surface area (Å²) in [5.74, 6) is -1.77. The van der Waals surface area contributed by atoms with Crippen molar-refractivity contribution in [2.75, 3.05) is 0 Å². The van der Waals surface area contributed by atoms with Crippen molar-refractivity contribution in [1.82, 2.24) is 4.98 Å². The Morgan fingerprint density at radius 2 is 2.12 bits per heavy atom. The van der Waals surface area contributed by atoms with Crippen molar-refractivity contribution >= 4 is 11.3 Å². The number of aliphatic hydroxyl groups excluding tert-OH is 1. The van der Waals surface area contributed by atoms with Crippen molar-refractivity contribution in [3.05, 3.63) is 52.0 Å². The number of hydrogen-bond acceptors (Lipinski definition) is 3. The van der Waals surface area contributed by atoms with Gasteiger partial charge >= 0.3 is 0 Å². The maximum atomic E-state index is 13.3. The van der Waals surface area contributed by atoms with E-state index in [2.05, 4.69) is 4.98 Å². The number of hydrogen-bond donors (Lipinski definition) is 1. The minimum atomic E-state index is -0.885. The van der Waals surface area contributed by atoms with E-state index in [1.165, 1.54) is 23.5 Å². The van der Waals surface area contributed by atoms with Gasteiger partial charge in [-0.2, -0.15) is 0 Å². The molecule has 2 nitrogen and oxygen atoms in total. The summed E-state index contributed by atoms with van der Waals surface area (Å²) in [4.78, 5) is 4.03. The lowest BCUT2D eigenvalue weighted by atomic mass is 10.1. The second-order valence-electron chi connectivity index (χ2n) is 3.70. The van der Waals surface area contributed by atoms with Crippen molar-refractivity contribution in [1.29, 1.82) is 0 Å². The summed E-state index contributed by atoms with van der Waals surface area (Å²) in [5, 5.41) is 12.4. The van der Waals surface area contributed by atoms with Gasteiger partial charge < -0.3 is 5.11 Å². The fourth-order valence-electron chi connectivity index (χ4n) is 1.59. The Morgan fingerprint density at radius 3 is 2.82 bits per heavy atom. The lowest BCUT2D eigenvalue weighted by molar-refractivity contribution is 0.173. The Kier molecular flexibility index (Phi) is 3.81. The minimum absolute atomic E-state index is 0.0865. The predicted octanol–water partition coefficient (Wildman–Crippen LogP) is 2.57. The van der Waals surface area contributed by atoms with Gasteiger partial charge in [-0.15, -0.1) is 11.3 Å². The van der Waals surface area contributed by atoms with Crippen molar-refractivity contribution in [2.45, 2.75) is 18.9 Å². The van der Waals surface area contributed by atoms with Crippen LogP contribution in [-0.4, -0.2) is 16.2 Å². The van der Waals surface area contributed by atoms with Crippen LogP contribution in [0.2, 0.25) is 0 Å². The smallest absolute Gasteiger partial charge is 0.162 e. The van der Waals surface area contributed by atoms with Crippen LogP contribution in [0.3, 0.4) is 0 Å². The quantitative estimate of drug-likeness (QED) is 0.910. The van der Waals surface area contributed by atoms with Gasteiger partial charge in [0.15, 0.2) is 11.6 Å². The zero-order valence-electron chi connectivity index (χ0n) is 8.94. The Hall–Kier alpha value is -1.33. The zero-order chi connectivity index (χ0) is 12.3. The second-order valence-corrected chi connectivity index (χ2v) is 4.68. The minimum Gasteiger partial charge on any atom is -0.392 e. The van der Waals surface area contributed by atoms with E-state index < -0.39 is 17.7 Å². The largest absolute Gasteiger partial charge is 0.392 e. The molecule has 1 aromatic heterocycles. The summed E-state index contributed by atoms with van der Waals surface area (Å²) in [6.07, 6.45) is 1.34. The van der Waals surface area contributed by atoms with Crippen LogP contribution in [0.1, 0.15) is 10.6 Å².